The van der Waals surface area contributed by atoms with E-state index >= 15 is 0 Å². The third kappa shape index (κ3) is 5.82. The Morgan fingerprint density at radius 1 is 0.971 bits per heavy atom. The van der Waals surface area contributed by atoms with Gasteiger partial charge in [0, 0.05) is 11.8 Å². The zero-order valence-corrected chi connectivity index (χ0v) is 22.9. The van der Waals surface area contributed by atoms with Gasteiger partial charge in [0.05, 0.1) is 6.61 Å². The topological polar surface area (TPSA) is 52.6 Å². The van der Waals surface area contributed by atoms with Gasteiger partial charge in [-0.15, -0.1) is 0 Å². The van der Waals surface area contributed by atoms with E-state index in [-0.39, 0.29) is 11.5 Å². The van der Waals surface area contributed by atoms with E-state index in [1.54, 1.807) is 0 Å². The van der Waals surface area contributed by atoms with Crippen molar-refractivity contribution in [2.75, 3.05) is 6.61 Å². The van der Waals surface area contributed by atoms with Crippen molar-refractivity contribution >= 4 is 11.9 Å². The molecule has 0 aromatic rings. The van der Waals surface area contributed by atoms with Crippen molar-refractivity contribution in [3.05, 3.63) is 11.6 Å². The highest BCUT2D eigenvalue weighted by molar-refractivity contribution is 5.91. The molecule has 0 radical (unpaired) electrons. The van der Waals surface area contributed by atoms with E-state index in [0.29, 0.717) is 47.9 Å². The molecule has 0 saturated heterocycles. The van der Waals surface area contributed by atoms with E-state index < -0.39 is 6.16 Å². The first kappa shape index (κ1) is 26.7. The molecule has 0 aliphatic heterocycles. The fourth-order valence-corrected chi connectivity index (χ4v) is 8.82. The van der Waals surface area contributed by atoms with Crippen molar-refractivity contribution in [3.63, 3.8) is 0 Å². The van der Waals surface area contributed by atoms with Gasteiger partial charge in [-0.25, -0.2) is 4.79 Å². The molecule has 0 heterocycles. The maximum absolute atomic E-state index is 12.6. The molecule has 4 aliphatic rings. The van der Waals surface area contributed by atoms with Crippen molar-refractivity contribution in [2.45, 2.75) is 124 Å². The molecule has 8 atom stereocenters. The Morgan fingerprint density at radius 3 is 2.43 bits per heavy atom. The maximum Gasteiger partial charge on any atom is 0.508 e. The predicted octanol–water partition coefficient (Wildman–Crippen LogP) is 8.28. The molecule has 198 valence electrons. The van der Waals surface area contributed by atoms with Gasteiger partial charge in [-0.2, -0.15) is 0 Å². The van der Waals surface area contributed by atoms with E-state index in [1.807, 2.05) is 6.08 Å². The van der Waals surface area contributed by atoms with Crippen LogP contribution in [0.15, 0.2) is 11.6 Å². The quantitative estimate of drug-likeness (QED) is 0.230. The normalized spacial score (nSPS) is 38.2. The third-order valence-electron chi connectivity index (χ3n) is 10.3. The molecule has 3 saturated carbocycles. The van der Waals surface area contributed by atoms with Crippen LogP contribution >= 0.6 is 0 Å². The summed E-state index contributed by atoms with van der Waals surface area (Å²) in [5, 5.41) is 0. The summed E-state index contributed by atoms with van der Waals surface area (Å²) in [6.45, 7) is 9.93. The number of hydrogen-bond donors (Lipinski definition) is 0. The lowest BCUT2D eigenvalue weighted by Crippen LogP contribution is -2.54. The van der Waals surface area contributed by atoms with E-state index in [2.05, 4.69) is 27.7 Å². The number of rotatable bonds is 10. The van der Waals surface area contributed by atoms with Crippen molar-refractivity contribution in [1.82, 2.24) is 0 Å². The second-order valence-corrected chi connectivity index (χ2v) is 12.7. The summed E-state index contributed by atoms with van der Waals surface area (Å²) >= 11 is 0. The molecule has 0 aromatic carbocycles. The Bertz CT molecular complexity index is 772. The van der Waals surface area contributed by atoms with Crippen LogP contribution in [0.1, 0.15) is 118 Å². The van der Waals surface area contributed by atoms with Crippen molar-refractivity contribution in [2.24, 2.45) is 40.9 Å². The molecule has 0 spiro atoms. The average molecular weight is 487 g/mol. The zero-order valence-electron chi connectivity index (χ0n) is 22.9. The number of carbonyl (C=O) groups excluding carboxylic acids is 2. The summed E-state index contributed by atoms with van der Waals surface area (Å²) in [5.74, 6) is 4.03. The Hall–Kier alpha value is -1.32. The summed E-state index contributed by atoms with van der Waals surface area (Å²) in [5.41, 5.74) is 1.47. The van der Waals surface area contributed by atoms with Gasteiger partial charge in [0.25, 0.3) is 0 Å². The molecular formula is C31H50O4. The first-order valence-electron chi connectivity index (χ1n) is 14.9. The summed E-state index contributed by atoms with van der Waals surface area (Å²) in [7, 11) is 0. The molecule has 35 heavy (non-hydrogen) atoms. The lowest BCUT2D eigenvalue weighted by atomic mass is 9.47. The van der Waals surface area contributed by atoms with Gasteiger partial charge >= 0.3 is 6.16 Å². The Kier molecular flexibility index (Phi) is 9.03. The zero-order chi connectivity index (χ0) is 25.0. The van der Waals surface area contributed by atoms with Crippen LogP contribution in [-0.4, -0.2) is 24.6 Å². The fraction of sp³-hybridized carbons (Fsp3) is 0.871. The van der Waals surface area contributed by atoms with Gasteiger partial charge in [0.15, 0.2) is 5.78 Å². The van der Waals surface area contributed by atoms with Gasteiger partial charge in [0.1, 0.15) is 6.10 Å². The van der Waals surface area contributed by atoms with E-state index in [0.717, 1.165) is 51.4 Å². The van der Waals surface area contributed by atoms with Crippen LogP contribution in [0.5, 0.6) is 0 Å². The monoisotopic (exact) mass is 486 g/mol. The molecule has 4 nitrogen and oxygen atoms in total. The molecule has 0 unspecified atom stereocenters. The van der Waals surface area contributed by atoms with Crippen LogP contribution in [0.25, 0.3) is 0 Å². The molecule has 0 N–H and O–H groups in total. The van der Waals surface area contributed by atoms with Gasteiger partial charge < -0.3 is 9.47 Å². The second-order valence-electron chi connectivity index (χ2n) is 12.7. The average Bonchev–Trinajstić information content (AvgIpc) is 3.12. The molecular weight excluding hydrogens is 436 g/mol. The number of unbranched alkanes of at least 4 members (excludes halogenated alkanes) is 7. The molecule has 4 aliphatic carbocycles. The van der Waals surface area contributed by atoms with Crippen LogP contribution < -0.4 is 0 Å². The summed E-state index contributed by atoms with van der Waals surface area (Å²) < 4.78 is 11.5. The molecule has 4 rings (SSSR count). The van der Waals surface area contributed by atoms with E-state index in [9.17, 15) is 9.59 Å². The highest BCUT2D eigenvalue weighted by Gasteiger charge is 2.61. The van der Waals surface area contributed by atoms with Gasteiger partial charge in [-0.05, 0) is 80.1 Å². The Balaban J connectivity index is 1.28. The molecule has 3 fully saturated rings. The number of ether oxygens (including phenoxy) is 2. The molecule has 0 aromatic heterocycles. The summed E-state index contributed by atoms with van der Waals surface area (Å²) in [6.07, 6.45) is 17.4. The van der Waals surface area contributed by atoms with Crippen LogP contribution in [-0.2, 0) is 14.3 Å². The lowest BCUT2D eigenvalue weighted by molar-refractivity contribution is -0.119. The Labute approximate surface area is 214 Å². The van der Waals surface area contributed by atoms with Crippen LogP contribution in [0.4, 0.5) is 4.79 Å². The predicted molar refractivity (Wildman–Crippen MR) is 140 cm³/mol. The first-order chi connectivity index (χ1) is 16.8. The smallest absolute Gasteiger partial charge is 0.434 e. The maximum atomic E-state index is 12.6. The highest BCUT2D eigenvalue weighted by Crippen LogP contribution is 2.65. The van der Waals surface area contributed by atoms with Crippen LogP contribution in [0.2, 0.25) is 0 Å². The van der Waals surface area contributed by atoms with Crippen molar-refractivity contribution in [3.8, 4) is 0 Å². The summed E-state index contributed by atoms with van der Waals surface area (Å²) in [4.78, 5) is 24.7. The fourth-order valence-electron chi connectivity index (χ4n) is 8.82. The molecule has 4 heteroatoms. The summed E-state index contributed by atoms with van der Waals surface area (Å²) in [6, 6.07) is 0. The molecule has 0 bridgehead atoms. The van der Waals surface area contributed by atoms with E-state index in [4.69, 9.17) is 9.47 Å². The number of carbonyl (C=O) groups is 2. The minimum Gasteiger partial charge on any atom is -0.434 e. The highest BCUT2D eigenvalue weighted by atomic mass is 16.7. The Morgan fingerprint density at radius 2 is 1.69 bits per heavy atom. The van der Waals surface area contributed by atoms with Gasteiger partial charge in [-0.3, -0.25) is 4.79 Å². The van der Waals surface area contributed by atoms with Crippen molar-refractivity contribution < 1.29 is 19.1 Å². The number of hydrogen-bond acceptors (Lipinski definition) is 4. The van der Waals surface area contributed by atoms with Crippen LogP contribution in [0.3, 0.4) is 0 Å². The number of fused-ring (bicyclic) bond motifs is 5. The van der Waals surface area contributed by atoms with Crippen LogP contribution in [0, 0.1) is 40.9 Å². The minimum absolute atomic E-state index is 0.0287. The SMILES string of the molecule is CCCCCCCCCCOC(=O)O[C@H]1CC[C@H]2[C@H]3[C@H]([C@@H](C)C[C@]12C)[C@H]1CCC(=O)C=C1C[C@H]3C. The second kappa shape index (κ2) is 11.8. The lowest BCUT2D eigenvalue weighted by Gasteiger charge is -2.58. The molecule has 0 amide bonds. The van der Waals surface area contributed by atoms with Crippen molar-refractivity contribution in [1.29, 1.82) is 0 Å². The third-order valence-corrected chi connectivity index (χ3v) is 10.3. The minimum atomic E-state index is -0.456. The largest absolute Gasteiger partial charge is 0.508 e. The number of allylic oxidation sites excluding steroid dienone is 1. The standard InChI is InChI=1S/C31H50O4/c1-5-6-7-8-9-10-11-12-17-34-30(33)35-27-16-15-26-29-21(2)18-23-19-24(32)13-14-25(23)28(29)22(3)20-31(26,27)4/h19,21-22,25-29H,5-18,20H2,1-4H3/t21-,22+,25+,26+,27+,28-,29+,31+/m1/s1. The van der Waals surface area contributed by atoms with E-state index in [1.165, 1.54) is 44.1 Å². The number of ketones is 1. The van der Waals surface area contributed by atoms with Gasteiger partial charge in [-0.1, -0.05) is 78.2 Å². The van der Waals surface area contributed by atoms with Gasteiger partial charge in [0.2, 0.25) is 0 Å². The first-order valence-corrected chi connectivity index (χ1v) is 14.9.